The van der Waals surface area contributed by atoms with Crippen LogP contribution in [0, 0.1) is 0 Å². The van der Waals surface area contributed by atoms with E-state index in [1.165, 1.54) is 31.3 Å². The molecule has 3 nitrogen and oxygen atoms in total. The van der Waals surface area contributed by atoms with Gasteiger partial charge in [0.25, 0.3) is 0 Å². The van der Waals surface area contributed by atoms with Crippen LogP contribution in [-0.4, -0.2) is 14.4 Å². The normalized spacial score (nSPS) is 12.0. The van der Waals surface area contributed by atoms with Crippen molar-refractivity contribution >= 4 is 59.1 Å². The lowest BCUT2D eigenvalue weighted by molar-refractivity contribution is 1.23. The highest BCUT2D eigenvalue weighted by atomic mass is 32.1. The van der Waals surface area contributed by atoms with Gasteiger partial charge in [-0.2, -0.15) is 0 Å². The summed E-state index contributed by atoms with van der Waals surface area (Å²) in [5.41, 5.74) is 6.29. The number of benzene rings is 3. The maximum Gasteiger partial charge on any atom is 0.164 e. The van der Waals surface area contributed by atoms with E-state index in [-0.39, 0.29) is 0 Å². The molecule has 4 aromatic heterocycles. The smallest absolute Gasteiger partial charge is 0.164 e. The third-order valence-corrected chi connectivity index (χ3v) is 7.00. The van der Waals surface area contributed by atoms with Crippen molar-refractivity contribution in [3.05, 3.63) is 91.3 Å². The molecule has 0 unspecified atom stereocenters. The second-order valence-electron chi connectivity index (χ2n) is 7.55. The summed E-state index contributed by atoms with van der Waals surface area (Å²) in [6.07, 6.45) is 4.06. The van der Waals surface area contributed by atoms with Crippen molar-refractivity contribution < 1.29 is 0 Å². The first kappa shape index (κ1) is 16.1. The number of fused-ring (bicyclic) bond motifs is 8. The fourth-order valence-electron chi connectivity index (χ4n) is 4.47. The molecule has 3 aromatic carbocycles. The molecule has 7 rings (SSSR count). The first-order valence-electron chi connectivity index (χ1n) is 9.93. The SMILES string of the molecule is c1ccc2c(c1)nc1c3ncccc3c(-c3ccc4sc5ccccc5c4c3)cn21. The predicted octanol–water partition coefficient (Wildman–Crippen LogP) is 7.07. The Kier molecular flexibility index (Phi) is 3.15. The molecular formula is C26H15N3S. The highest BCUT2D eigenvalue weighted by Crippen LogP contribution is 2.38. The molecule has 0 saturated carbocycles. The molecule has 0 saturated heterocycles. The van der Waals surface area contributed by atoms with Crippen LogP contribution in [-0.2, 0) is 0 Å². The minimum absolute atomic E-state index is 0.901. The Hall–Kier alpha value is -3.76. The molecule has 4 heterocycles. The molecule has 0 aliphatic carbocycles. The topological polar surface area (TPSA) is 30.2 Å². The Morgan fingerprint density at radius 3 is 2.57 bits per heavy atom. The zero-order chi connectivity index (χ0) is 19.7. The van der Waals surface area contributed by atoms with Crippen molar-refractivity contribution in [2.45, 2.75) is 0 Å². The zero-order valence-electron chi connectivity index (χ0n) is 15.9. The van der Waals surface area contributed by atoms with Gasteiger partial charge in [-0.15, -0.1) is 11.3 Å². The van der Waals surface area contributed by atoms with Crippen LogP contribution < -0.4 is 0 Å². The minimum Gasteiger partial charge on any atom is -0.297 e. The van der Waals surface area contributed by atoms with E-state index in [2.05, 4.69) is 77.3 Å². The number of rotatable bonds is 1. The van der Waals surface area contributed by atoms with Gasteiger partial charge in [-0.05, 0) is 42.0 Å². The number of imidazole rings is 1. The maximum atomic E-state index is 4.86. The molecule has 0 radical (unpaired) electrons. The largest absolute Gasteiger partial charge is 0.297 e. The van der Waals surface area contributed by atoms with Gasteiger partial charge in [0.05, 0.1) is 11.0 Å². The summed E-state index contributed by atoms with van der Waals surface area (Å²) in [5, 5.41) is 3.75. The van der Waals surface area contributed by atoms with E-state index in [1.807, 2.05) is 29.7 Å². The summed E-state index contributed by atoms with van der Waals surface area (Å²) in [4.78, 5) is 9.57. The molecule has 0 aliphatic rings. The van der Waals surface area contributed by atoms with Crippen LogP contribution >= 0.6 is 11.3 Å². The van der Waals surface area contributed by atoms with Gasteiger partial charge in [-0.3, -0.25) is 9.38 Å². The van der Waals surface area contributed by atoms with E-state index in [1.54, 1.807) is 0 Å². The van der Waals surface area contributed by atoms with Crippen LogP contribution in [0.2, 0.25) is 0 Å². The third kappa shape index (κ3) is 2.14. The van der Waals surface area contributed by atoms with Gasteiger partial charge < -0.3 is 0 Å². The number of para-hydroxylation sites is 2. The van der Waals surface area contributed by atoms with Crippen molar-refractivity contribution in [2.75, 3.05) is 0 Å². The number of pyridine rings is 2. The number of aromatic nitrogens is 3. The Morgan fingerprint density at radius 1 is 0.733 bits per heavy atom. The number of thiophene rings is 1. The standard InChI is InChI=1S/C26H15N3S/c1-4-10-23-17(6-1)19-14-16(11-12-24(19)30-23)20-15-29-22-9-3-2-8-21(22)28-26(29)25-18(20)7-5-13-27-25/h1-15H. The zero-order valence-corrected chi connectivity index (χ0v) is 16.7. The van der Waals surface area contributed by atoms with E-state index in [9.17, 15) is 0 Å². The van der Waals surface area contributed by atoms with Gasteiger partial charge in [0.15, 0.2) is 5.65 Å². The molecule has 0 fully saturated rings. The predicted molar refractivity (Wildman–Crippen MR) is 126 cm³/mol. The van der Waals surface area contributed by atoms with Crippen LogP contribution in [0.15, 0.2) is 91.3 Å². The Balaban J connectivity index is 1.62. The molecular weight excluding hydrogens is 386 g/mol. The highest BCUT2D eigenvalue weighted by Gasteiger charge is 2.14. The molecule has 0 bridgehead atoms. The molecule has 0 amide bonds. The molecule has 140 valence electrons. The first-order valence-corrected chi connectivity index (χ1v) is 10.7. The fourth-order valence-corrected chi connectivity index (χ4v) is 5.55. The summed E-state index contributed by atoms with van der Waals surface area (Å²) < 4.78 is 4.82. The fraction of sp³-hybridized carbons (Fsp3) is 0. The lowest BCUT2D eigenvalue weighted by atomic mass is 10.0. The van der Waals surface area contributed by atoms with Crippen LogP contribution in [0.1, 0.15) is 0 Å². The van der Waals surface area contributed by atoms with E-state index in [0.717, 1.165) is 27.6 Å². The highest BCUT2D eigenvalue weighted by molar-refractivity contribution is 7.25. The molecule has 30 heavy (non-hydrogen) atoms. The Labute approximate surface area is 175 Å². The van der Waals surface area contributed by atoms with Gasteiger partial charge in [-0.1, -0.05) is 42.5 Å². The average molecular weight is 401 g/mol. The van der Waals surface area contributed by atoms with E-state index in [4.69, 9.17) is 9.97 Å². The van der Waals surface area contributed by atoms with Gasteiger partial charge in [-0.25, -0.2) is 4.98 Å². The molecule has 0 aliphatic heterocycles. The number of nitrogens with zero attached hydrogens (tertiary/aromatic N) is 3. The van der Waals surface area contributed by atoms with Crippen LogP contribution in [0.3, 0.4) is 0 Å². The van der Waals surface area contributed by atoms with Crippen molar-refractivity contribution in [1.29, 1.82) is 0 Å². The Morgan fingerprint density at radius 2 is 1.57 bits per heavy atom. The Bertz CT molecular complexity index is 1760. The number of hydrogen-bond acceptors (Lipinski definition) is 3. The second-order valence-corrected chi connectivity index (χ2v) is 8.63. The van der Waals surface area contributed by atoms with Crippen LogP contribution in [0.5, 0.6) is 0 Å². The molecule has 0 spiro atoms. The van der Waals surface area contributed by atoms with E-state index < -0.39 is 0 Å². The molecule has 7 aromatic rings. The first-order chi connectivity index (χ1) is 14.9. The summed E-state index contributed by atoms with van der Waals surface area (Å²) >= 11 is 1.85. The average Bonchev–Trinajstić information content (AvgIpc) is 3.36. The molecule has 0 N–H and O–H groups in total. The van der Waals surface area contributed by atoms with Gasteiger partial charge in [0.1, 0.15) is 5.52 Å². The second kappa shape index (κ2) is 5.88. The summed E-state index contributed by atoms with van der Waals surface area (Å²) in [6.45, 7) is 0. The lowest BCUT2D eigenvalue weighted by Gasteiger charge is -2.09. The summed E-state index contributed by atoms with van der Waals surface area (Å²) in [5.74, 6) is 0. The third-order valence-electron chi connectivity index (χ3n) is 5.85. The lowest BCUT2D eigenvalue weighted by Crippen LogP contribution is -1.92. The summed E-state index contributed by atoms with van der Waals surface area (Å²) in [6, 6.07) is 27.8. The number of hydrogen-bond donors (Lipinski definition) is 0. The maximum absolute atomic E-state index is 4.86. The van der Waals surface area contributed by atoms with Gasteiger partial charge in [0.2, 0.25) is 0 Å². The quantitative estimate of drug-likeness (QED) is 0.294. The van der Waals surface area contributed by atoms with Gasteiger partial charge in [0, 0.05) is 43.5 Å². The van der Waals surface area contributed by atoms with Gasteiger partial charge >= 0.3 is 0 Å². The van der Waals surface area contributed by atoms with E-state index >= 15 is 0 Å². The monoisotopic (exact) mass is 401 g/mol. The molecule has 4 heteroatoms. The van der Waals surface area contributed by atoms with Crippen molar-refractivity contribution in [1.82, 2.24) is 14.4 Å². The van der Waals surface area contributed by atoms with Crippen LogP contribution in [0.25, 0.3) is 58.9 Å². The minimum atomic E-state index is 0.901. The van der Waals surface area contributed by atoms with Crippen LogP contribution in [0.4, 0.5) is 0 Å². The van der Waals surface area contributed by atoms with E-state index in [0.29, 0.717) is 0 Å². The molecule has 0 atom stereocenters. The van der Waals surface area contributed by atoms with Crippen molar-refractivity contribution in [3.63, 3.8) is 0 Å². The van der Waals surface area contributed by atoms with Crippen molar-refractivity contribution in [3.8, 4) is 11.1 Å². The summed E-state index contributed by atoms with van der Waals surface area (Å²) in [7, 11) is 0. The van der Waals surface area contributed by atoms with Crippen molar-refractivity contribution in [2.24, 2.45) is 0 Å².